The first kappa shape index (κ1) is 17.4. The molecule has 132 valence electrons. The number of nitrogens with zero attached hydrogens (tertiary/aromatic N) is 3. The molecular formula is C19H25N5O. The highest BCUT2D eigenvalue weighted by molar-refractivity contribution is 5.78. The van der Waals surface area contributed by atoms with Gasteiger partial charge in [-0.05, 0) is 37.6 Å². The number of hydrogen-bond acceptors (Lipinski definition) is 5. The number of nitrogens with one attached hydrogen (secondary N) is 2. The van der Waals surface area contributed by atoms with E-state index in [2.05, 4.69) is 49.8 Å². The molecule has 1 aliphatic heterocycles. The second-order valence-electron chi connectivity index (χ2n) is 6.33. The zero-order chi connectivity index (χ0) is 17.3. The molecule has 1 aliphatic rings. The van der Waals surface area contributed by atoms with Gasteiger partial charge in [-0.2, -0.15) is 0 Å². The summed E-state index contributed by atoms with van der Waals surface area (Å²) in [7, 11) is 0. The lowest BCUT2D eigenvalue weighted by atomic mass is 9.95. The van der Waals surface area contributed by atoms with Crippen molar-refractivity contribution in [3.63, 3.8) is 0 Å². The number of piperidine rings is 1. The molecule has 1 saturated heterocycles. The average Bonchev–Trinajstić information content (AvgIpc) is 2.67. The molecule has 1 amide bonds. The van der Waals surface area contributed by atoms with E-state index in [1.165, 1.54) is 5.56 Å². The Balaban J connectivity index is 1.33. The Morgan fingerprint density at radius 3 is 2.48 bits per heavy atom. The quantitative estimate of drug-likeness (QED) is 0.754. The normalized spacial score (nSPS) is 15.7. The van der Waals surface area contributed by atoms with Crippen LogP contribution in [0.2, 0.25) is 0 Å². The van der Waals surface area contributed by atoms with Gasteiger partial charge in [-0.25, -0.2) is 9.97 Å². The number of amides is 1. The van der Waals surface area contributed by atoms with Crippen molar-refractivity contribution < 1.29 is 4.79 Å². The van der Waals surface area contributed by atoms with Crippen LogP contribution in [-0.2, 0) is 11.3 Å². The molecule has 3 rings (SSSR count). The van der Waals surface area contributed by atoms with Gasteiger partial charge in [-0.15, -0.1) is 0 Å². The van der Waals surface area contributed by atoms with Gasteiger partial charge in [0.15, 0.2) is 0 Å². The molecule has 0 unspecified atom stereocenters. The fourth-order valence-corrected chi connectivity index (χ4v) is 3.09. The van der Waals surface area contributed by atoms with E-state index in [1.807, 2.05) is 6.07 Å². The summed E-state index contributed by atoms with van der Waals surface area (Å²) < 4.78 is 0. The van der Waals surface area contributed by atoms with E-state index in [-0.39, 0.29) is 11.8 Å². The van der Waals surface area contributed by atoms with Crippen molar-refractivity contribution in [3.8, 4) is 0 Å². The summed E-state index contributed by atoms with van der Waals surface area (Å²) in [6, 6.07) is 12.3. The van der Waals surface area contributed by atoms with Gasteiger partial charge in [-0.1, -0.05) is 30.3 Å². The third kappa shape index (κ3) is 5.53. The Hall–Kier alpha value is -2.47. The van der Waals surface area contributed by atoms with Crippen LogP contribution in [0.4, 0.5) is 5.95 Å². The number of carbonyl (C=O) groups is 1. The zero-order valence-electron chi connectivity index (χ0n) is 14.4. The van der Waals surface area contributed by atoms with E-state index in [1.54, 1.807) is 18.5 Å². The molecule has 2 N–H and O–H groups in total. The molecule has 6 heteroatoms. The summed E-state index contributed by atoms with van der Waals surface area (Å²) in [5.41, 5.74) is 1.33. The first-order chi connectivity index (χ1) is 12.3. The second kappa shape index (κ2) is 9.13. The number of carbonyl (C=O) groups excluding carboxylic acids is 1. The lowest BCUT2D eigenvalue weighted by molar-refractivity contribution is -0.126. The highest BCUT2D eigenvalue weighted by atomic mass is 16.1. The summed E-state index contributed by atoms with van der Waals surface area (Å²) in [4.78, 5) is 22.9. The van der Waals surface area contributed by atoms with Crippen LogP contribution in [0.1, 0.15) is 18.4 Å². The van der Waals surface area contributed by atoms with E-state index in [4.69, 9.17) is 0 Å². The topological polar surface area (TPSA) is 70.1 Å². The number of aromatic nitrogens is 2. The molecule has 0 bridgehead atoms. The Morgan fingerprint density at radius 2 is 1.76 bits per heavy atom. The van der Waals surface area contributed by atoms with Crippen LogP contribution in [0, 0.1) is 5.92 Å². The van der Waals surface area contributed by atoms with Crippen LogP contribution in [0.3, 0.4) is 0 Å². The maximum atomic E-state index is 12.3. The van der Waals surface area contributed by atoms with Crippen LogP contribution in [0.5, 0.6) is 0 Å². The Morgan fingerprint density at radius 1 is 1.04 bits per heavy atom. The maximum Gasteiger partial charge on any atom is 0.223 e. The lowest BCUT2D eigenvalue weighted by Crippen LogP contribution is -2.41. The van der Waals surface area contributed by atoms with Crippen molar-refractivity contribution in [2.75, 3.05) is 31.5 Å². The van der Waals surface area contributed by atoms with Gasteiger partial charge in [0, 0.05) is 37.9 Å². The molecular weight excluding hydrogens is 314 g/mol. The molecule has 0 radical (unpaired) electrons. The molecule has 0 aliphatic carbocycles. The SMILES string of the molecule is O=C(NCCNc1ncccn1)C1CCN(Cc2ccccc2)CC1. The van der Waals surface area contributed by atoms with E-state index in [0.717, 1.165) is 32.5 Å². The van der Waals surface area contributed by atoms with Crippen molar-refractivity contribution in [1.29, 1.82) is 0 Å². The predicted molar refractivity (Wildman–Crippen MR) is 98.0 cm³/mol. The van der Waals surface area contributed by atoms with Crippen molar-refractivity contribution in [1.82, 2.24) is 20.2 Å². The molecule has 0 saturated carbocycles. The van der Waals surface area contributed by atoms with Crippen LogP contribution < -0.4 is 10.6 Å². The molecule has 0 spiro atoms. The van der Waals surface area contributed by atoms with Crippen LogP contribution in [0.25, 0.3) is 0 Å². The average molecular weight is 339 g/mol. The summed E-state index contributed by atoms with van der Waals surface area (Å²) in [5, 5.41) is 6.10. The molecule has 6 nitrogen and oxygen atoms in total. The molecule has 1 aromatic carbocycles. The Kier molecular flexibility index (Phi) is 6.34. The molecule has 1 aromatic heterocycles. The zero-order valence-corrected chi connectivity index (χ0v) is 14.4. The van der Waals surface area contributed by atoms with Crippen LogP contribution in [-0.4, -0.2) is 47.0 Å². The van der Waals surface area contributed by atoms with Crippen molar-refractivity contribution in [3.05, 3.63) is 54.4 Å². The molecule has 1 fully saturated rings. The Labute approximate surface area is 148 Å². The van der Waals surface area contributed by atoms with E-state index < -0.39 is 0 Å². The van der Waals surface area contributed by atoms with Crippen molar-refractivity contribution in [2.45, 2.75) is 19.4 Å². The third-order valence-electron chi connectivity index (χ3n) is 4.48. The van der Waals surface area contributed by atoms with Crippen molar-refractivity contribution in [2.24, 2.45) is 5.92 Å². The highest BCUT2D eigenvalue weighted by Crippen LogP contribution is 2.19. The van der Waals surface area contributed by atoms with Gasteiger partial charge in [0.2, 0.25) is 11.9 Å². The number of rotatable bonds is 7. The number of benzene rings is 1. The molecule has 0 atom stereocenters. The van der Waals surface area contributed by atoms with Crippen LogP contribution in [0.15, 0.2) is 48.8 Å². The predicted octanol–water partition coefficient (Wildman–Crippen LogP) is 1.92. The fourth-order valence-electron chi connectivity index (χ4n) is 3.09. The van der Waals surface area contributed by atoms with Gasteiger partial charge < -0.3 is 10.6 Å². The number of likely N-dealkylation sites (tertiary alicyclic amines) is 1. The minimum absolute atomic E-state index is 0.125. The first-order valence-corrected chi connectivity index (χ1v) is 8.86. The second-order valence-corrected chi connectivity index (χ2v) is 6.33. The fraction of sp³-hybridized carbons (Fsp3) is 0.421. The molecule has 2 heterocycles. The van der Waals surface area contributed by atoms with Crippen molar-refractivity contribution >= 4 is 11.9 Å². The summed E-state index contributed by atoms with van der Waals surface area (Å²) in [6.07, 6.45) is 5.23. The maximum absolute atomic E-state index is 12.3. The smallest absolute Gasteiger partial charge is 0.223 e. The largest absolute Gasteiger partial charge is 0.354 e. The summed E-state index contributed by atoms with van der Waals surface area (Å²) >= 11 is 0. The highest BCUT2D eigenvalue weighted by Gasteiger charge is 2.24. The number of anilines is 1. The van der Waals surface area contributed by atoms with Gasteiger partial charge in [0.1, 0.15) is 0 Å². The number of hydrogen-bond donors (Lipinski definition) is 2. The van der Waals surface area contributed by atoms with Gasteiger partial charge in [0.25, 0.3) is 0 Å². The lowest BCUT2D eigenvalue weighted by Gasteiger charge is -2.31. The first-order valence-electron chi connectivity index (χ1n) is 8.86. The minimum atomic E-state index is 0.125. The monoisotopic (exact) mass is 339 g/mol. The van der Waals surface area contributed by atoms with Gasteiger partial charge >= 0.3 is 0 Å². The van der Waals surface area contributed by atoms with E-state index in [0.29, 0.717) is 19.0 Å². The standard InChI is InChI=1S/C19H25N5O/c25-18(20-11-12-23-19-21-9-4-10-22-19)17-7-13-24(14-8-17)15-16-5-2-1-3-6-16/h1-6,9-10,17H,7-8,11-15H2,(H,20,25)(H,21,22,23). The molecule has 2 aromatic rings. The summed E-state index contributed by atoms with van der Waals surface area (Å²) in [6.45, 7) is 4.13. The Bertz CT molecular complexity index is 641. The van der Waals surface area contributed by atoms with E-state index >= 15 is 0 Å². The van der Waals surface area contributed by atoms with Gasteiger partial charge in [-0.3, -0.25) is 9.69 Å². The molecule has 25 heavy (non-hydrogen) atoms. The third-order valence-corrected chi connectivity index (χ3v) is 4.48. The minimum Gasteiger partial charge on any atom is -0.354 e. The van der Waals surface area contributed by atoms with Gasteiger partial charge in [0.05, 0.1) is 0 Å². The summed E-state index contributed by atoms with van der Waals surface area (Å²) in [5.74, 6) is 0.876. The van der Waals surface area contributed by atoms with E-state index in [9.17, 15) is 4.79 Å². The van der Waals surface area contributed by atoms with Crippen LogP contribution >= 0.6 is 0 Å².